The van der Waals surface area contributed by atoms with Gasteiger partial charge < -0.3 is 14.8 Å². The van der Waals surface area contributed by atoms with Crippen LogP contribution in [0.3, 0.4) is 0 Å². The van der Waals surface area contributed by atoms with Crippen LogP contribution in [0.25, 0.3) is 0 Å². The molecule has 2 rings (SSSR count). The zero-order chi connectivity index (χ0) is 18.9. The molecule has 0 heterocycles. The van der Waals surface area contributed by atoms with E-state index < -0.39 is 0 Å². The maximum atomic E-state index is 12.1. The van der Waals surface area contributed by atoms with Gasteiger partial charge in [-0.15, -0.1) is 0 Å². The molecule has 5 heteroatoms. The number of methoxy groups -OCH3 is 2. The highest BCUT2D eigenvalue weighted by atomic mass is 16.5. The molecule has 0 aromatic heterocycles. The molecule has 0 aliphatic rings. The molecule has 0 spiro atoms. The topological polar surface area (TPSA) is 50.8 Å². The fourth-order valence-electron chi connectivity index (χ4n) is 2.87. The summed E-state index contributed by atoms with van der Waals surface area (Å²) in [4.78, 5) is 14.1. The van der Waals surface area contributed by atoms with Crippen LogP contribution in [0.1, 0.15) is 16.7 Å². The van der Waals surface area contributed by atoms with E-state index in [2.05, 4.69) is 24.4 Å². The predicted molar refractivity (Wildman–Crippen MR) is 104 cm³/mol. The lowest BCUT2D eigenvalue weighted by Crippen LogP contribution is -2.35. The second kappa shape index (κ2) is 9.82. The van der Waals surface area contributed by atoms with Gasteiger partial charge in [-0.25, -0.2) is 0 Å². The minimum Gasteiger partial charge on any atom is -0.493 e. The Kier molecular flexibility index (Phi) is 7.48. The van der Waals surface area contributed by atoms with Gasteiger partial charge in [0.2, 0.25) is 5.91 Å². The highest BCUT2D eigenvalue weighted by Crippen LogP contribution is 2.27. The number of nitrogens with zero attached hydrogens (tertiary/aromatic N) is 1. The Morgan fingerprint density at radius 1 is 1.08 bits per heavy atom. The van der Waals surface area contributed by atoms with Crippen molar-refractivity contribution in [2.24, 2.45) is 0 Å². The van der Waals surface area contributed by atoms with Crippen LogP contribution >= 0.6 is 0 Å². The average molecular weight is 356 g/mol. The summed E-state index contributed by atoms with van der Waals surface area (Å²) >= 11 is 0. The Hall–Kier alpha value is -2.53. The molecule has 0 fully saturated rings. The Bertz CT molecular complexity index is 731. The van der Waals surface area contributed by atoms with Crippen molar-refractivity contribution in [3.8, 4) is 11.5 Å². The first-order chi connectivity index (χ1) is 12.5. The second-order valence-corrected chi connectivity index (χ2v) is 6.39. The van der Waals surface area contributed by atoms with E-state index in [1.165, 1.54) is 11.1 Å². The summed E-state index contributed by atoms with van der Waals surface area (Å²) < 4.78 is 10.6. The first-order valence-electron chi connectivity index (χ1n) is 8.74. The van der Waals surface area contributed by atoms with Crippen molar-refractivity contribution in [3.05, 3.63) is 59.2 Å². The van der Waals surface area contributed by atoms with Crippen LogP contribution in [0.5, 0.6) is 11.5 Å². The van der Waals surface area contributed by atoms with E-state index in [1.807, 2.05) is 42.3 Å². The van der Waals surface area contributed by atoms with Crippen molar-refractivity contribution in [3.63, 3.8) is 0 Å². The number of nitrogens with one attached hydrogen (secondary N) is 1. The monoisotopic (exact) mass is 356 g/mol. The fraction of sp³-hybridized carbons (Fsp3) is 0.381. The molecule has 1 N–H and O–H groups in total. The third-order valence-corrected chi connectivity index (χ3v) is 4.29. The van der Waals surface area contributed by atoms with Crippen LogP contribution in [0, 0.1) is 6.92 Å². The minimum absolute atomic E-state index is 0.0292. The molecular formula is C21H28N2O3. The Morgan fingerprint density at radius 2 is 1.81 bits per heavy atom. The van der Waals surface area contributed by atoms with Gasteiger partial charge in [0.05, 0.1) is 20.8 Å². The first-order valence-corrected chi connectivity index (χ1v) is 8.74. The number of rotatable bonds is 9. The maximum Gasteiger partial charge on any atom is 0.234 e. The first kappa shape index (κ1) is 19.8. The number of carbonyl (C=O) groups is 1. The number of hydrogen-bond acceptors (Lipinski definition) is 4. The molecule has 0 aliphatic carbocycles. The van der Waals surface area contributed by atoms with Crippen molar-refractivity contribution in [2.45, 2.75) is 19.9 Å². The van der Waals surface area contributed by atoms with Gasteiger partial charge in [0.15, 0.2) is 11.5 Å². The quantitative estimate of drug-likeness (QED) is 0.751. The number of likely N-dealkylation sites (N-methyl/N-ethyl adjacent to an activating group) is 1. The molecule has 0 unspecified atom stereocenters. The summed E-state index contributed by atoms with van der Waals surface area (Å²) in [5.74, 6) is 1.43. The molecule has 0 saturated carbocycles. The van der Waals surface area contributed by atoms with Crippen LogP contribution in [0.4, 0.5) is 0 Å². The number of aryl methyl sites for hydroxylation is 1. The third kappa shape index (κ3) is 5.77. The van der Waals surface area contributed by atoms with Crippen LogP contribution in [0.2, 0.25) is 0 Å². The lowest BCUT2D eigenvalue weighted by Gasteiger charge is -2.17. The molecule has 0 atom stereocenters. The molecule has 0 saturated heterocycles. The van der Waals surface area contributed by atoms with E-state index >= 15 is 0 Å². The van der Waals surface area contributed by atoms with Crippen LogP contribution in [-0.2, 0) is 17.8 Å². The van der Waals surface area contributed by atoms with Crippen LogP contribution in [-0.4, -0.2) is 45.2 Å². The maximum absolute atomic E-state index is 12.1. The van der Waals surface area contributed by atoms with E-state index in [-0.39, 0.29) is 5.91 Å². The van der Waals surface area contributed by atoms with Gasteiger partial charge in [0.1, 0.15) is 0 Å². The van der Waals surface area contributed by atoms with Crippen molar-refractivity contribution >= 4 is 5.91 Å². The minimum atomic E-state index is 0.0292. The summed E-state index contributed by atoms with van der Waals surface area (Å²) in [6, 6.07) is 14.0. The summed E-state index contributed by atoms with van der Waals surface area (Å²) in [6.07, 6.45) is 0.845. The van der Waals surface area contributed by atoms with Gasteiger partial charge in [0, 0.05) is 13.1 Å². The van der Waals surface area contributed by atoms with Gasteiger partial charge in [-0.2, -0.15) is 0 Å². The number of amides is 1. The lowest BCUT2D eigenvalue weighted by atomic mass is 10.1. The van der Waals surface area contributed by atoms with Gasteiger partial charge in [0.25, 0.3) is 0 Å². The zero-order valence-corrected chi connectivity index (χ0v) is 16.0. The van der Waals surface area contributed by atoms with Crippen LogP contribution < -0.4 is 14.8 Å². The molecule has 0 radical (unpaired) electrons. The van der Waals surface area contributed by atoms with Crippen LogP contribution in [0.15, 0.2) is 42.5 Å². The molecule has 0 aliphatic heterocycles. The molecule has 1 amide bonds. The average Bonchev–Trinajstić information content (AvgIpc) is 2.63. The zero-order valence-electron chi connectivity index (χ0n) is 16.0. The standard InChI is InChI=1S/C21H28N2O3/c1-16-7-5-6-8-18(16)11-12-22-21(24)15-23(2)14-17-9-10-19(25-3)20(13-17)26-4/h5-10,13H,11-12,14-15H2,1-4H3,(H,22,24). The van der Waals surface area contributed by atoms with E-state index in [0.717, 1.165) is 12.0 Å². The predicted octanol–water partition coefficient (Wildman–Crippen LogP) is 2.80. The molecule has 5 nitrogen and oxygen atoms in total. The summed E-state index contributed by atoms with van der Waals surface area (Å²) in [5, 5.41) is 2.99. The molecular weight excluding hydrogens is 328 g/mol. The molecule has 140 valence electrons. The summed E-state index contributed by atoms with van der Waals surface area (Å²) in [5.41, 5.74) is 3.59. The van der Waals surface area contributed by atoms with Crippen molar-refractivity contribution in [2.75, 3.05) is 34.4 Å². The summed E-state index contributed by atoms with van der Waals surface area (Å²) in [7, 11) is 5.16. The highest BCUT2D eigenvalue weighted by molar-refractivity contribution is 5.78. The fourth-order valence-corrected chi connectivity index (χ4v) is 2.87. The molecule has 2 aromatic rings. The number of benzene rings is 2. The molecule has 26 heavy (non-hydrogen) atoms. The number of ether oxygens (including phenoxy) is 2. The van der Waals surface area contributed by atoms with E-state index in [0.29, 0.717) is 31.1 Å². The molecule has 2 aromatic carbocycles. The Labute approximate surface area is 155 Å². The number of hydrogen-bond donors (Lipinski definition) is 1. The van der Waals surface area contributed by atoms with Crippen molar-refractivity contribution < 1.29 is 14.3 Å². The van der Waals surface area contributed by atoms with Gasteiger partial charge >= 0.3 is 0 Å². The smallest absolute Gasteiger partial charge is 0.234 e. The van der Waals surface area contributed by atoms with Crippen molar-refractivity contribution in [1.29, 1.82) is 0 Å². The van der Waals surface area contributed by atoms with E-state index in [1.54, 1.807) is 14.2 Å². The van der Waals surface area contributed by atoms with E-state index in [4.69, 9.17) is 9.47 Å². The lowest BCUT2D eigenvalue weighted by molar-refractivity contribution is -0.122. The summed E-state index contributed by atoms with van der Waals surface area (Å²) in [6.45, 7) is 3.75. The van der Waals surface area contributed by atoms with Gasteiger partial charge in [-0.3, -0.25) is 9.69 Å². The second-order valence-electron chi connectivity index (χ2n) is 6.39. The Balaban J connectivity index is 1.79. The Morgan fingerprint density at radius 3 is 2.50 bits per heavy atom. The largest absolute Gasteiger partial charge is 0.493 e. The number of carbonyl (C=O) groups excluding carboxylic acids is 1. The normalized spacial score (nSPS) is 10.7. The van der Waals surface area contributed by atoms with E-state index in [9.17, 15) is 4.79 Å². The highest BCUT2D eigenvalue weighted by Gasteiger charge is 2.10. The SMILES string of the molecule is COc1ccc(CN(C)CC(=O)NCCc2ccccc2C)cc1OC. The van der Waals surface area contributed by atoms with Gasteiger partial charge in [-0.1, -0.05) is 30.3 Å². The molecule has 0 bridgehead atoms. The van der Waals surface area contributed by atoms with Gasteiger partial charge in [-0.05, 0) is 49.2 Å². The third-order valence-electron chi connectivity index (χ3n) is 4.29. The van der Waals surface area contributed by atoms with Crippen molar-refractivity contribution in [1.82, 2.24) is 10.2 Å².